The molecular formula is C13H17N7O. The number of piperidine rings is 1. The lowest BCUT2D eigenvalue weighted by Crippen LogP contribution is -2.40. The molecule has 3 heterocycles. The topological polar surface area (TPSA) is 113 Å². The first-order chi connectivity index (χ1) is 10.2. The third kappa shape index (κ3) is 3.00. The maximum absolute atomic E-state index is 12.1. The quantitative estimate of drug-likeness (QED) is 0.752. The van der Waals surface area contributed by atoms with Gasteiger partial charge in [-0.05, 0) is 12.8 Å². The van der Waals surface area contributed by atoms with E-state index in [0.717, 1.165) is 31.7 Å². The van der Waals surface area contributed by atoms with Crippen LogP contribution < -0.4 is 16.0 Å². The normalized spacial score (nSPS) is 16.0. The maximum atomic E-state index is 12.1. The minimum atomic E-state index is -0.306. The van der Waals surface area contributed by atoms with Crippen LogP contribution in [-0.2, 0) is 0 Å². The van der Waals surface area contributed by atoms with Gasteiger partial charge in [0.05, 0.1) is 12.4 Å². The Kier molecular flexibility index (Phi) is 3.78. The van der Waals surface area contributed by atoms with Gasteiger partial charge in [-0.3, -0.25) is 14.9 Å². The van der Waals surface area contributed by atoms with Crippen molar-refractivity contribution in [3.63, 3.8) is 0 Å². The van der Waals surface area contributed by atoms with Crippen LogP contribution in [0.15, 0.2) is 24.8 Å². The summed E-state index contributed by atoms with van der Waals surface area (Å²) in [5.41, 5.74) is 6.82. The van der Waals surface area contributed by atoms with Gasteiger partial charge in [0.2, 0.25) is 0 Å². The molecule has 0 spiro atoms. The summed E-state index contributed by atoms with van der Waals surface area (Å²) >= 11 is 0. The van der Waals surface area contributed by atoms with Gasteiger partial charge < -0.3 is 16.0 Å². The SMILES string of the molecule is NC1CCN(c2[nH]ncc2NC(=O)c2cnccn2)CC1. The molecule has 0 aliphatic carbocycles. The highest BCUT2D eigenvalue weighted by Crippen LogP contribution is 2.25. The highest BCUT2D eigenvalue weighted by atomic mass is 16.1. The van der Waals surface area contributed by atoms with E-state index in [0.29, 0.717) is 5.69 Å². The van der Waals surface area contributed by atoms with Crippen LogP contribution in [0, 0.1) is 0 Å². The lowest BCUT2D eigenvalue weighted by Gasteiger charge is -2.31. The zero-order valence-electron chi connectivity index (χ0n) is 11.5. The number of aromatic nitrogens is 4. The Hall–Kier alpha value is -2.48. The Balaban J connectivity index is 1.72. The number of hydrogen-bond donors (Lipinski definition) is 3. The largest absolute Gasteiger partial charge is 0.355 e. The van der Waals surface area contributed by atoms with Crippen molar-refractivity contribution in [1.82, 2.24) is 20.2 Å². The van der Waals surface area contributed by atoms with Gasteiger partial charge in [-0.15, -0.1) is 0 Å². The number of nitrogens with one attached hydrogen (secondary N) is 2. The van der Waals surface area contributed by atoms with E-state index in [-0.39, 0.29) is 17.6 Å². The summed E-state index contributed by atoms with van der Waals surface area (Å²) in [5.74, 6) is 0.499. The van der Waals surface area contributed by atoms with Crippen molar-refractivity contribution in [2.75, 3.05) is 23.3 Å². The molecule has 8 heteroatoms. The minimum absolute atomic E-state index is 0.252. The molecule has 0 aromatic carbocycles. The van der Waals surface area contributed by atoms with Crippen molar-refractivity contribution < 1.29 is 4.79 Å². The highest BCUT2D eigenvalue weighted by molar-refractivity contribution is 6.04. The monoisotopic (exact) mass is 287 g/mol. The summed E-state index contributed by atoms with van der Waals surface area (Å²) in [6.07, 6.45) is 7.88. The van der Waals surface area contributed by atoms with Gasteiger partial charge in [0.25, 0.3) is 5.91 Å². The Bertz CT molecular complexity index is 604. The number of anilines is 2. The van der Waals surface area contributed by atoms with Crippen LogP contribution in [0.1, 0.15) is 23.3 Å². The Morgan fingerprint density at radius 3 is 2.86 bits per heavy atom. The van der Waals surface area contributed by atoms with Crippen molar-refractivity contribution in [2.45, 2.75) is 18.9 Å². The van der Waals surface area contributed by atoms with E-state index in [1.165, 1.54) is 18.6 Å². The molecular weight excluding hydrogens is 270 g/mol. The molecule has 21 heavy (non-hydrogen) atoms. The predicted molar refractivity (Wildman–Crippen MR) is 78.0 cm³/mol. The van der Waals surface area contributed by atoms with Crippen LogP contribution in [0.2, 0.25) is 0 Å². The van der Waals surface area contributed by atoms with E-state index in [9.17, 15) is 4.79 Å². The van der Waals surface area contributed by atoms with Crippen LogP contribution in [0.5, 0.6) is 0 Å². The van der Waals surface area contributed by atoms with Gasteiger partial charge in [0.1, 0.15) is 17.2 Å². The number of amides is 1. The van der Waals surface area contributed by atoms with Crippen molar-refractivity contribution in [3.8, 4) is 0 Å². The van der Waals surface area contributed by atoms with Crippen LogP contribution in [0.4, 0.5) is 11.5 Å². The van der Waals surface area contributed by atoms with Crippen LogP contribution in [0.3, 0.4) is 0 Å². The van der Waals surface area contributed by atoms with E-state index < -0.39 is 0 Å². The number of aromatic amines is 1. The molecule has 0 radical (unpaired) electrons. The second-order valence-corrected chi connectivity index (χ2v) is 5.00. The number of nitrogens with zero attached hydrogens (tertiary/aromatic N) is 4. The molecule has 0 saturated carbocycles. The van der Waals surface area contributed by atoms with E-state index in [4.69, 9.17) is 5.73 Å². The number of carbonyl (C=O) groups excluding carboxylic acids is 1. The first-order valence-corrected chi connectivity index (χ1v) is 6.85. The first kappa shape index (κ1) is 13.5. The van der Waals surface area contributed by atoms with Crippen molar-refractivity contribution in [2.24, 2.45) is 5.73 Å². The van der Waals surface area contributed by atoms with Gasteiger partial charge >= 0.3 is 0 Å². The molecule has 0 bridgehead atoms. The van der Waals surface area contributed by atoms with Crippen LogP contribution >= 0.6 is 0 Å². The second kappa shape index (κ2) is 5.88. The summed E-state index contributed by atoms with van der Waals surface area (Å²) in [7, 11) is 0. The van der Waals surface area contributed by atoms with E-state index in [1.807, 2.05) is 0 Å². The molecule has 2 aromatic rings. The lowest BCUT2D eigenvalue weighted by molar-refractivity contribution is 0.102. The molecule has 0 unspecified atom stereocenters. The summed E-state index contributed by atoms with van der Waals surface area (Å²) in [6.45, 7) is 1.69. The second-order valence-electron chi connectivity index (χ2n) is 5.00. The molecule has 8 nitrogen and oxygen atoms in total. The van der Waals surface area contributed by atoms with Gasteiger partial charge in [0.15, 0.2) is 0 Å². The molecule has 1 saturated heterocycles. The molecule has 1 aliphatic rings. The number of nitrogens with two attached hydrogens (primary N) is 1. The summed E-state index contributed by atoms with van der Waals surface area (Å²) in [5, 5.41) is 9.75. The van der Waals surface area contributed by atoms with E-state index in [2.05, 4.69) is 30.4 Å². The average molecular weight is 287 g/mol. The third-order valence-electron chi connectivity index (χ3n) is 3.52. The average Bonchev–Trinajstić information content (AvgIpc) is 2.97. The number of carbonyl (C=O) groups is 1. The Labute approximate surface area is 121 Å². The van der Waals surface area contributed by atoms with E-state index in [1.54, 1.807) is 6.20 Å². The lowest BCUT2D eigenvalue weighted by atomic mass is 10.1. The summed E-state index contributed by atoms with van der Waals surface area (Å²) < 4.78 is 0. The van der Waals surface area contributed by atoms with Crippen LogP contribution in [0.25, 0.3) is 0 Å². The third-order valence-corrected chi connectivity index (χ3v) is 3.52. The van der Waals surface area contributed by atoms with E-state index >= 15 is 0 Å². The standard InChI is InChI=1S/C13H17N7O/c14-9-1-5-20(6-2-9)12-10(8-17-19-12)18-13(21)11-7-15-3-4-16-11/h3-4,7-9H,1-2,5-6,14H2,(H,17,19)(H,18,21). The molecule has 0 atom stereocenters. The molecule has 3 rings (SSSR count). The predicted octanol–water partition coefficient (Wildman–Crippen LogP) is 0.379. The molecule has 4 N–H and O–H groups in total. The van der Waals surface area contributed by atoms with Gasteiger partial charge in [-0.2, -0.15) is 5.10 Å². The van der Waals surface area contributed by atoms with Crippen molar-refractivity contribution >= 4 is 17.4 Å². The maximum Gasteiger partial charge on any atom is 0.276 e. The van der Waals surface area contributed by atoms with Crippen molar-refractivity contribution in [3.05, 3.63) is 30.5 Å². The molecule has 1 fully saturated rings. The Morgan fingerprint density at radius 2 is 2.14 bits per heavy atom. The highest BCUT2D eigenvalue weighted by Gasteiger charge is 2.21. The fraction of sp³-hybridized carbons (Fsp3) is 0.385. The zero-order chi connectivity index (χ0) is 14.7. The first-order valence-electron chi connectivity index (χ1n) is 6.85. The molecule has 1 amide bonds. The number of H-pyrrole nitrogens is 1. The minimum Gasteiger partial charge on any atom is -0.355 e. The Morgan fingerprint density at radius 1 is 1.33 bits per heavy atom. The van der Waals surface area contributed by atoms with Gasteiger partial charge in [-0.1, -0.05) is 0 Å². The van der Waals surface area contributed by atoms with Gasteiger partial charge in [0, 0.05) is 31.5 Å². The molecule has 110 valence electrons. The van der Waals surface area contributed by atoms with Crippen molar-refractivity contribution in [1.29, 1.82) is 0 Å². The van der Waals surface area contributed by atoms with Crippen LogP contribution in [-0.4, -0.2) is 45.2 Å². The molecule has 1 aliphatic heterocycles. The summed E-state index contributed by atoms with van der Waals surface area (Å²) in [6, 6.07) is 0.252. The molecule has 2 aromatic heterocycles. The fourth-order valence-electron chi connectivity index (χ4n) is 2.34. The van der Waals surface area contributed by atoms with Gasteiger partial charge in [-0.25, -0.2) is 4.98 Å². The number of hydrogen-bond acceptors (Lipinski definition) is 6. The zero-order valence-corrected chi connectivity index (χ0v) is 11.5. The fourth-order valence-corrected chi connectivity index (χ4v) is 2.34. The summed E-state index contributed by atoms with van der Waals surface area (Å²) in [4.78, 5) is 22.1. The smallest absolute Gasteiger partial charge is 0.276 e. The number of rotatable bonds is 3.